The number of carbonyl (C=O) groups is 1. The summed E-state index contributed by atoms with van der Waals surface area (Å²) in [5.74, 6) is 0.516. The molecule has 0 unspecified atom stereocenters. The molecule has 1 aromatic carbocycles. The second kappa shape index (κ2) is 5.95. The number of aromatic nitrogens is 1. The Balaban J connectivity index is 1.82. The fourth-order valence-corrected chi connectivity index (χ4v) is 3.93. The minimum absolute atomic E-state index is 0.00182. The number of nitrogens with one attached hydrogen (secondary N) is 3. The third-order valence-electron chi connectivity index (χ3n) is 5.12. The van der Waals surface area contributed by atoms with Crippen LogP contribution in [0, 0.1) is 13.8 Å². The van der Waals surface area contributed by atoms with E-state index in [1.54, 1.807) is 0 Å². The minimum Gasteiger partial charge on any atom is -0.359 e. The van der Waals surface area contributed by atoms with Crippen LogP contribution in [0.15, 0.2) is 24.3 Å². The molecule has 2 aliphatic rings. The van der Waals surface area contributed by atoms with Crippen molar-refractivity contribution in [3.05, 3.63) is 52.3 Å². The van der Waals surface area contributed by atoms with Crippen molar-refractivity contribution in [2.45, 2.75) is 32.6 Å². The van der Waals surface area contributed by atoms with E-state index in [0.717, 1.165) is 54.1 Å². The first-order valence-electron chi connectivity index (χ1n) is 8.67. The van der Waals surface area contributed by atoms with Crippen molar-refractivity contribution in [3.63, 3.8) is 0 Å². The summed E-state index contributed by atoms with van der Waals surface area (Å²) >= 11 is 0. The molecule has 3 N–H and O–H groups in total. The number of fused-ring (bicyclic) bond motifs is 1. The third kappa shape index (κ3) is 2.57. The number of hydrogen-bond acceptors (Lipinski definition) is 2. The number of benzene rings is 1. The minimum atomic E-state index is -0.00182. The van der Waals surface area contributed by atoms with Crippen LogP contribution in [-0.2, 0) is 4.79 Å². The molecule has 0 aliphatic carbocycles. The maximum Gasteiger partial charge on any atom is 0.256 e. The van der Waals surface area contributed by atoms with Crippen molar-refractivity contribution in [2.75, 3.05) is 18.4 Å². The molecule has 4 nitrogen and oxygen atoms in total. The summed E-state index contributed by atoms with van der Waals surface area (Å²) in [4.78, 5) is 15.9. The zero-order valence-corrected chi connectivity index (χ0v) is 14.2. The van der Waals surface area contributed by atoms with Gasteiger partial charge in [-0.2, -0.15) is 0 Å². The first kappa shape index (κ1) is 15.2. The van der Waals surface area contributed by atoms with Gasteiger partial charge in [0, 0.05) is 22.6 Å². The van der Waals surface area contributed by atoms with Crippen LogP contribution in [0.3, 0.4) is 0 Å². The molecule has 0 atom stereocenters. The van der Waals surface area contributed by atoms with Gasteiger partial charge in [0.05, 0.1) is 5.57 Å². The lowest BCUT2D eigenvalue weighted by Crippen LogP contribution is -2.27. The quantitative estimate of drug-likeness (QED) is 0.740. The molecule has 0 bridgehead atoms. The Hall–Kier alpha value is -2.33. The van der Waals surface area contributed by atoms with Crippen molar-refractivity contribution in [1.82, 2.24) is 10.3 Å². The number of aromatic amines is 1. The number of H-pyrrole nitrogens is 1. The monoisotopic (exact) mass is 321 g/mol. The zero-order valence-electron chi connectivity index (χ0n) is 14.2. The van der Waals surface area contributed by atoms with Gasteiger partial charge in [0.15, 0.2) is 0 Å². The molecule has 0 spiro atoms. The van der Waals surface area contributed by atoms with Crippen molar-refractivity contribution >= 4 is 23.2 Å². The number of rotatable bonds is 2. The van der Waals surface area contributed by atoms with E-state index in [1.807, 2.05) is 19.1 Å². The van der Waals surface area contributed by atoms with Crippen LogP contribution in [0.25, 0.3) is 11.6 Å². The highest BCUT2D eigenvalue weighted by Gasteiger charge is 2.30. The zero-order chi connectivity index (χ0) is 16.7. The molecule has 1 amide bonds. The number of carbonyl (C=O) groups excluding carboxylic acids is 1. The third-order valence-corrected chi connectivity index (χ3v) is 5.12. The van der Waals surface area contributed by atoms with Gasteiger partial charge in [0.25, 0.3) is 5.91 Å². The van der Waals surface area contributed by atoms with E-state index in [2.05, 4.69) is 40.7 Å². The lowest BCUT2D eigenvalue weighted by atomic mass is 9.85. The van der Waals surface area contributed by atoms with Gasteiger partial charge in [-0.3, -0.25) is 4.79 Å². The molecule has 2 aromatic rings. The molecule has 1 fully saturated rings. The van der Waals surface area contributed by atoms with E-state index in [0.29, 0.717) is 5.92 Å². The second-order valence-electron chi connectivity index (χ2n) is 6.86. The van der Waals surface area contributed by atoms with Crippen LogP contribution in [0.5, 0.6) is 0 Å². The lowest BCUT2D eigenvalue weighted by molar-refractivity contribution is -0.110. The Morgan fingerprint density at radius 1 is 1.17 bits per heavy atom. The predicted molar refractivity (Wildman–Crippen MR) is 98.1 cm³/mol. The summed E-state index contributed by atoms with van der Waals surface area (Å²) in [6.07, 6.45) is 4.26. The van der Waals surface area contributed by atoms with Gasteiger partial charge in [0.1, 0.15) is 0 Å². The van der Waals surface area contributed by atoms with Gasteiger partial charge in [0.2, 0.25) is 0 Å². The highest BCUT2D eigenvalue weighted by atomic mass is 16.2. The Bertz CT molecular complexity index is 825. The molecule has 24 heavy (non-hydrogen) atoms. The van der Waals surface area contributed by atoms with E-state index in [9.17, 15) is 4.79 Å². The number of amides is 1. The van der Waals surface area contributed by atoms with Gasteiger partial charge in [-0.15, -0.1) is 0 Å². The van der Waals surface area contributed by atoms with Gasteiger partial charge < -0.3 is 15.6 Å². The Kier molecular flexibility index (Phi) is 3.77. The van der Waals surface area contributed by atoms with E-state index >= 15 is 0 Å². The molecule has 0 saturated carbocycles. The van der Waals surface area contributed by atoms with E-state index in [4.69, 9.17) is 0 Å². The smallest absolute Gasteiger partial charge is 0.256 e. The summed E-state index contributed by atoms with van der Waals surface area (Å²) < 4.78 is 0. The number of aryl methyl sites for hydroxylation is 2. The predicted octanol–water partition coefficient (Wildman–Crippen LogP) is 3.59. The summed E-state index contributed by atoms with van der Waals surface area (Å²) in [6, 6.07) is 8.36. The second-order valence-corrected chi connectivity index (χ2v) is 6.86. The molecule has 124 valence electrons. The molecule has 4 heteroatoms. The van der Waals surface area contributed by atoms with Gasteiger partial charge in [-0.25, -0.2) is 0 Å². The summed E-state index contributed by atoms with van der Waals surface area (Å²) in [5.41, 5.74) is 7.43. The standard InChI is InChI=1S/C20H23N3O/c1-12-10-13(2)22-18(12)11-16-19-15(14-6-8-21-9-7-14)4-3-5-17(19)23-20(16)24/h3-5,10-11,14,21-22H,6-9H2,1-2H3,(H,23,24)/b16-11-. The fourth-order valence-electron chi connectivity index (χ4n) is 3.93. The Morgan fingerprint density at radius 3 is 2.67 bits per heavy atom. The highest BCUT2D eigenvalue weighted by Crippen LogP contribution is 2.41. The molecule has 4 rings (SSSR count). The first-order chi connectivity index (χ1) is 11.6. The largest absolute Gasteiger partial charge is 0.359 e. The van der Waals surface area contributed by atoms with Crippen LogP contribution in [0.1, 0.15) is 46.8 Å². The lowest BCUT2D eigenvalue weighted by Gasteiger charge is -2.25. The SMILES string of the molecule is Cc1cc(C)c(/C=C2\C(=O)Nc3cccc(C4CCNCC4)c32)[nH]1. The molecular weight excluding hydrogens is 298 g/mol. The molecule has 1 saturated heterocycles. The van der Waals surface area contributed by atoms with Crippen molar-refractivity contribution in [3.8, 4) is 0 Å². The van der Waals surface area contributed by atoms with Gasteiger partial charge in [-0.05, 0) is 75.0 Å². The maximum atomic E-state index is 12.6. The maximum absolute atomic E-state index is 12.6. The van der Waals surface area contributed by atoms with Crippen LogP contribution < -0.4 is 10.6 Å². The first-order valence-corrected chi connectivity index (χ1v) is 8.67. The summed E-state index contributed by atoms with van der Waals surface area (Å²) in [7, 11) is 0. The van der Waals surface area contributed by atoms with Crippen molar-refractivity contribution in [2.24, 2.45) is 0 Å². The summed E-state index contributed by atoms with van der Waals surface area (Å²) in [5, 5.41) is 6.46. The van der Waals surface area contributed by atoms with Gasteiger partial charge in [-0.1, -0.05) is 12.1 Å². The van der Waals surface area contributed by atoms with Crippen LogP contribution in [-0.4, -0.2) is 24.0 Å². The van der Waals surface area contributed by atoms with E-state index in [1.165, 1.54) is 11.1 Å². The molecule has 1 aromatic heterocycles. The summed E-state index contributed by atoms with van der Waals surface area (Å²) in [6.45, 7) is 6.20. The van der Waals surface area contributed by atoms with E-state index in [-0.39, 0.29) is 5.91 Å². The number of piperidine rings is 1. The van der Waals surface area contributed by atoms with E-state index < -0.39 is 0 Å². The average molecular weight is 321 g/mol. The average Bonchev–Trinajstić information content (AvgIpc) is 3.07. The van der Waals surface area contributed by atoms with Crippen molar-refractivity contribution < 1.29 is 4.79 Å². The molecule has 3 heterocycles. The van der Waals surface area contributed by atoms with Crippen LogP contribution in [0.2, 0.25) is 0 Å². The fraction of sp³-hybridized carbons (Fsp3) is 0.350. The Morgan fingerprint density at radius 2 is 1.96 bits per heavy atom. The number of hydrogen-bond donors (Lipinski definition) is 3. The normalized spacial score (nSPS) is 19.6. The van der Waals surface area contributed by atoms with Gasteiger partial charge >= 0.3 is 0 Å². The van der Waals surface area contributed by atoms with Crippen molar-refractivity contribution in [1.29, 1.82) is 0 Å². The molecule has 2 aliphatic heterocycles. The topological polar surface area (TPSA) is 56.9 Å². The number of anilines is 1. The molecular formula is C20H23N3O. The Labute approximate surface area is 142 Å². The van der Waals surface area contributed by atoms with Crippen LogP contribution >= 0.6 is 0 Å². The highest BCUT2D eigenvalue weighted by molar-refractivity contribution is 6.35. The van der Waals surface area contributed by atoms with Crippen LogP contribution in [0.4, 0.5) is 5.69 Å². The molecule has 0 radical (unpaired) electrons.